The van der Waals surface area contributed by atoms with Crippen molar-refractivity contribution in [1.29, 1.82) is 0 Å². The van der Waals surface area contributed by atoms with Crippen LogP contribution in [0.15, 0.2) is 78.9 Å². The quantitative estimate of drug-likeness (QED) is 0.415. The number of halogens is 1. The van der Waals surface area contributed by atoms with E-state index in [1.165, 1.54) is 28.7 Å². The van der Waals surface area contributed by atoms with Gasteiger partial charge in [-0.3, -0.25) is 0 Å². The average molecular weight is 363 g/mol. The van der Waals surface area contributed by atoms with Crippen molar-refractivity contribution in [2.45, 2.75) is 44.9 Å². The maximum atomic E-state index is 6.02. The highest BCUT2D eigenvalue weighted by atomic mass is 35.5. The van der Waals surface area contributed by atoms with Crippen molar-refractivity contribution >= 4 is 11.6 Å². The van der Waals surface area contributed by atoms with Crippen LogP contribution >= 0.6 is 11.6 Å². The van der Waals surface area contributed by atoms with Crippen molar-refractivity contribution in [3.05, 3.63) is 106 Å². The molecule has 0 saturated carbocycles. The first-order chi connectivity index (χ1) is 12.5. The SMILES string of the molecule is CC(C)(CCCc1cccc(Cc2ccccc2)c1)c1ccc(Cl)cc1. The first kappa shape index (κ1) is 18.7. The Morgan fingerprint density at radius 3 is 2.12 bits per heavy atom. The number of rotatable bonds is 7. The summed E-state index contributed by atoms with van der Waals surface area (Å²) >= 11 is 6.02. The first-order valence-corrected chi connectivity index (χ1v) is 9.78. The van der Waals surface area contributed by atoms with E-state index in [1.807, 2.05) is 12.1 Å². The molecule has 0 N–H and O–H groups in total. The van der Waals surface area contributed by atoms with Crippen LogP contribution in [0.3, 0.4) is 0 Å². The van der Waals surface area contributed by atoms with E-state index >= 15 is 0 Å². The van der Waals surface area contributed by atoms with Crippen LogP contribution in [0.4, 0.5) is 0 Å². The lowest BCUT2D eigenvalue weighted by Crippen LogP contribution is -2.17. The van der Waals surface area contributed by atoms with Crippen LogP contribution in [0.1, 0.15) is 48.9 Å². The van der Waals surface area contributed by atoms with Crippen LogP contribution in [-0.2, 0) is 18.3 Å². The van der Waals surface area contributed by atoms with Gasteiger partial charge in [0.05, 0.1) is 0 Å². The van der Waals surface area contributed by atoms with E-state index in [0.717, 1.165) is 24.3 Å². The van der Waals surface area contributed by atoms with Gasteiger partial charge in [0.2, 0.25) is 0 Å². The summed E-state index contributed by atoms with van der Waals surface area (Å²) < 4.78 is 0. The second kappa shape index (κ2) is 8.56. The van der Waals surface area contributed by atoms with Gasteiger partial charge in [-0.1, -0.05) is 92.2 Å². The van der Waals surface area contributed by atoms with Crippen molar-refractivity contribution in [2.75, 3.05) is 0 Å². The molecule has 0 saturated heterocycles. The van der Waals surface area contributed by atoms with Gasteiger partial charge in [-0.25, -0.2) is 0 Å². The highest BCUT2D eigenvalue weighted by molar-refractivity contribution is 6.30. The topological polar surface area (TPSA) is 0 Å². The Bertz CT molecular complexity index is 816. The third-order valence-electron chi connectivity index (χ3n) is 5.14. The number of benzene rings is 3. The summed E-state index contributed by atoms with van der Waals surface area (Å²) in [5, 5.41) is 0.805. The molecule has 0 amide bonds. The standard InChI is InChI=1S/C25H27Cl/c1-25(2,23-13-15-24(26)16-14-23)17-7-12-21-10-6-11-22(19-21)18-20-8-4-3-5-9-20/h3-6,8-11,13-16,19H,7,12,17-18H2,1-2H3. The Morgan fingerprint density at radius 1 is 0.731 bits per heavy atom. The summed E-state index contributed by atoms with van der Waals surface area (Å²) in [6, 6.07) is 28.0. The molecular weight excluding hydrogens is 336 g/mol. The molecule has 0 spiro atoms. The monoisotopic (exact) mass is 362 g/mol. The molecule has 3 aromatic rings. The minimum atomic E-state index is 0.173. The Labute approximate surface area is 162 Å². The summed E-state index contributed by atoms with van der Waals surface area (Å²) in [6.45, 7) is 4.64. The molecule has 0 nitrogen and oxygen atoms in total. The summed E-state index contributed by atoms with van der Waals surface area (Å²) in [5.41, 5.74) is 5.73. The van der Waals surface area contributed by atoms with Crippen LogP contribution in [0, 0.1) is 0 Å². The summed E-state index contributed by atoms with van der Waals surface area (Å²) in [7, 11) is 0. The second-order valence-electron chi connectivity index (χ2n) is 7.73. The maximum absolute atomic E-state index is 6.02. The molecule has 3 aromatic carbocycles. The molecular formula is C25H27Cl. The second-order valence-corrected chi connectivity index (χ2v) is 8.16. The van der Waals surface area contributed by atoms with Crippen LogP contribution in [0.5, 0.6) is 0 Å². The van der Waals surface area contributed by atoms with E-state index < -0.39 is 0 Å². The molecule has 0 aliphatic carbocycles. The molecule has 0 unspecified atom stereocenters. The summed E-state index contributed by atoms with van der Waals surface area (Å²) in [6.07, 6.45) is 4.48. The molecule has 0 heterocycles. The van der Waals surface area contributed by atoms with Crippen LogP contribution in [0.2, 0.25) is 5.02 Å². The third kappa shape index (κ3) is 5.22. The fourth-order valence-electron chi connectivity index (χ4n) is 3.51. The van der Waals surface area contributed by atoms with Crippen molar-refractivity contribution in [3.63, 3.8) is 0 Å². The van der Waals surface area contributed by atoms with E-state index in [4.69, 9.17) is 11.6 Å². The summed E-state index contributed by atoms with van der Waals surface area (Å²) in [5.74, 6) is 0. The number of aryl methyl sites for hydroxylation is 1. The molecule has 0 atom stereocenters. The van der Waals surface area contributed by atoms with Gasteiger partial charge < -0.3 is 0 Å². The van der Waals surface area contributed by atoms with Crippen molar-refractivity contribution in [3.8, 4) is 0 Å². The fraction of sp³-hybridized carbons (Fsp3) is 0.280. The van der Waals surface area contributed by atoms with E-state index in [-0.39, 0.29) is 5.41 Å². The maximum Gasteiger partial charge on any atom is 0.0406 e. The minimum Gasteiger partial charge on any atom is -0.0843 e. The number of hydrogen-bond donors (Lipinski definition) is 0. The van der Waals surface area contributed by atoms with Crippen LogP contribution in [0.25, 0.3) is 0 Å². The normalized spacial score (nSPS) is 11.5. The van der Waals surface area contributed by atoms with Gasteiger partial charge in [0.1, 0.15) is 0 Å². The highest BCUT2D eigenvalue weighted by Gasteiger charge is 2.19. The molecule has 0 aliphatic heterocycles. The predicted molar refractivity (Wildman–Crippen MR) is 113 cm³/mol. The zero-order valence-electron chi connectivity index (χ0n) is 15.7. The molecule has 0 aromatic heterocycles. The van der Waals surface area contributed by atoms with Gasteiger partial charge in [-0.2, -0.15) is 0 Å². The lowest BCUT2D eigenvalue weighted by Gasteiger charge is -2.25. The molecule has 0 bridgehead atoms. The fourth-order valence-corrected chi connectivity index (χ4v) is 3.63. The zero-order valence-corrected chi connectivity index (χ0v) is 16.5. The first-order valence-electron chi connectivity index (χ1n) is 9.41. The zero-order chi connectivity index (χ0) is 18.4. The van der Waals surface area contributed by atoms with E-state index in [2.05, 4.69) is 80.6 Å². The van der Waals surface area contributed by atoms with E-state index in [1.54, 1.807) is 0 Å². The van der Waals surface area contributed by atoms with Crippen LogP contribution in [-0.4, -0.2) is 0 Å². The minimum absolute atomic E-state index is 0.173. The Hall–Kier alpha value is -2.05. The molecule has 26 heavy (non-hydrogen) atoms. The lowest BCUT2D eigenvalue weighted by atomic mass is 9.80. The van der Waals surface area contributed by atoms with Crippen molar-refractivity contribution < 1.29 is 0 Å². The summed E-state index contributed by atoms with van der Waals surface area (Å²) in [4.78, 5) is 0. The van der Waals surface area contributed by atoms with Gasteiger partial charge in [0, 0.05) is 5.02 Å². The van der Waals surface area contributed by atoms with Crippen molar-refractivity contribution in [2.24, 2.45) is 0 Å². The average Bonchev–Trinajstić information content (AvgIpc) is 2.63. The molecule has 1 heteroatoms. The molecule has 3 rings (SSSR count). The molecule has 0 aliphatic rings. The third-order valence-corrected chi connectivity index (χ3v) is 5.39. The lowest BCUT2D eigenvalue weighted by molar-refractivity contribution is 0.461. The van der Waals surface area contributed by atoms with Gasteiger partial charge in [-0.05, 0) is 65.5 Å². The Morgan fingerprint density at radius 2 is 1.38 bits per heavy atom. The molecule has 0 radical (unpaired) electrons. The van der Waals surface area contributed by atoms with Gasteiger partial charge in [-0.15, -0.1) is 0 Å². The Balaban J connectivity index is 1.58. The van der Waals surface area contributed by atoms with Gasteiger partial charge >= 0.3 is 0 Å². The smallest absolute Gasteiger partial charge is 0.0406 e. The number of hydrogen-bond acceptors (Lipinski definition) is 0. The highest BCUT2D eigenvalue weighted by Crippen LogP contribution is 2.30. The largest absolute Gasteiger partial charge is 0.0843 e. The van der Waals surface area contributed by atoms with Gasteiger partial charge in [0.15, 0.2) is 0 Å². The molecule has 134 valence electrons. The van der Waals surface area contributed by atoms with E-state index in [9.17, 15) is 0 Å². The van der Waals surface area contributed by atoms with E-state index in [0.29, 0.717) is 0 Å². The van der Waals surface area contributed by atoms with Crippen molar-refractivity contribution in [1.82, 2.24) is 0 Å². The van der Waals surface area contributed by atoms with Crippen LogP contribution < -0.4 is 0 Å². The Kier molecular flexibility index (Phi) is 6.16. The molecule has 0 fully saturated rings. The van der Waals surface area contributed by atoms with Gasteiger partial charge in [0.25, 0.3) is 0 Å². The predicted octanol–water partition coefficient (Wildman–Crippen LogP) is 7.23.